The van der Waals surface area contributed by atoms with Crippen LogP contribution in [0.25, 0.3) is 0 Å². The summed E-state index contributed by atoms with van der Waals surface area (Å²) in [6.45, 7) is 2.70. The van der Waals surface area contributed by atoms with Crippen LogP contribution >= 0.6 is 23.1 Å². The van der Waals surface area contributed by atoms with E-state index in [1.54, 1.807) is 23.1 Å². The van der Waals surface area contributed by atoms with Gasteiger partial charge in [0.1, 0.15) is 0 Å². The van der Waals surface area contributed by atoms with E-state index in [-0.39, 0.29) is 0 Å². The molecule has 2 heterocycles. The largest absolute Gasteiger partial charge is 0.246 e. The van der Waals surface area contributed by atoms with Crippen molar-refractivity contribution in [3.05, 3.63) is 52.0 Å². The van der Waals surface area contributed by atoms with Crippen molar-refractivity contribution in [2.75, 3.05) is 0 Å². The molecule has 0 aliphatic carbocycles. The first kappa shape index (κ1) is 13.3. The maximum atomic E-state index is 4.44. The quantitative estimate of drug-likeness (QED) is 0.678. The van der Waals surface area contributed by atoms with Crippen LogP contribution in [-0.4, -0.2) is 25.2 Å². The molecule has 0 atom stereocenters. The van der Waals surface area contributed by atoms with Crippen molar-refractivity contribution in [1.82, 2.24) is 25.2 Å². The zero-order chi connectivity index (χ0) is 13.8. The van der Waals surface area contributed by atoms with Crippen LogP contribution in [0.1, 0.15) is 16.3 Å². The molecule has 0 saturated carbocycles. The lowest BCUT2D eigenvalue weighted by atomic mass is 10.2. The molecule has 3 rings (SSSR count). The molecule has 0 saturated heterocycles. The zero-order valence-electron chi connectivity index (χ0n) is 10.9. The normalized spacial score (nSPS) is 10.8. The topological polar surface area (TPSA) is 56.5 Å². The van der Waals surface area contributed by atoms with Crippen LogP contribution in [0, 0.1) is 6.92 Å². The summed E-state index contributed by atoms with van der Waals surface area (Å²) in [5.74, 6) is 0.791. The Balaban J connectivity index is 1.67. The van der Waals surface area contributed by atoms with E-state index in [2.05, 4.69) is 38.0 Å². The Morgan fingerprint density at radius 1 is 1.25 bits per heavy atom. The molecule has 0 amide bonds. The smallest absolute Gasteiger partial charge is 0.210 e. The summed E-state index contributed by atoms with van der Waals surface area (Å²) in [4.78, 5) is 4.44. The maximum Gasteiger partial charge on any atom is 0.210 e. The van der Waals surface area contributed by atoms with Gasteiger partial charge in [-0.25, -0.2) is 9.67 Å². The molecule has 0 fully saturated rings. The van der Waals surface area contributed by atoms with E-state index >= 15 is 0 Å². The Morgan fingerprint density at radius 3 is 2.85 bits per heavy atom. The van der Waals surface area contributed by atoms with Crippen molar-refractivity contribution in [2.24, 2.45) is 0 Å². The molecule has 1 aromatic carbocycles. The third kappa shape index (κ3) is 3.23. The number of tetrazole rings is 1. The molecule has 20 heavy (non-hydrogen) atoms. The van der Waals surface area contributed by atoms with Gasteiger partial charge in [0.05, 0.1) is 17.2 Å². The summed E-state index contributed by atoms with van der Waals surface area (Å²) in [6, 6.07) is 10.2. The first-order valence-electron chi connectivity index (χ1n) is 6.15. The molecule has 0 N–H and O–H groups in total. The molecule has 102 valence electrons. The average Bonchev–Trinajstić information content (AvgIpc) is 3.07. The van der Waals surface area contributed by atoms with Gasteiger partial charge in [-0.15, -0.1) is 16.4 Å². The van der Waals surface area contributed by atoms with Gasteiger partial charge in [-0.1, -0.05) is 42.1 Å². The van der Waals surface area contributed by atoms with Gasteiger partial charge in [-0.3, -0.25) is 0 Å². The fourth-order valence-electron chi connectivity index (χ4n) is 1.77. The van der Waals surface area contributed by atoms with E-state index in [1.165, 1.54) is 5.56 Å². The fourth-order valence-corrected chi connectivity index (χ4v) is 3.26. The second kappa shape index (κ2) is 6.15. The SMILES string of the molecule is Cc1nc(CSc2nnnn2Cc2ccccc2)cs1. The van der Waals surface area contributed by atoms with Crippen molar-refractivity contribution < 1.29 is 0 Å². The van der Waals surface area contributed by atoms with Crippen LogP contribution in [0.5, 0.6) is 0 Å². The van der Waals surface area contributed by atoms with E-state index < -0.39 is 0 Å². The molecule has 7 heteroatoms. The molecule has 2 aromatic heterocycles. The second-order valence-electron chi connectivity index (χ2n) is 4.25. The van der Waals surface area contributed by atoms with Crippen LogP contribution in [0.2, 0.25) is 0 Å². The van der Waals surface area contributed by atoms with E-state index in [9.17, 15) is 0 Å². The van der Waals surface area contributed by atoms with Crippen LogP contribution < -0.4 is 0 Å². The van der Waals surface area contributed by atoms with Gasteiger partial charge in [0.15, 0.2) is 0 Å². The highest BCUT2D eigenvalue weighted by Crippen LogP contribution is 2.21. The number of benzene rings is 1. The average molecular weight is 303 g/mol. The molecule has 3 aromatic rings. The summed E-state index contributed by atoms with van der Waals surface area (Å²) in [5.41, 5.74) is 2.26. The third-order valence-corrected chi connectivity index (χ3v) is 4.50. The van der Waals surface area contributed by atoms with Gasteiger partial charge in [-0.2, -0.15) is 0 Å². The Labute approximate surface area is 125 Å². The number of thiazole rings is 1. The molecule has 0 radical (unpaired) electrons. The lowest BCUT2D eigenvalue weighted by molar-refractivity contribution is 0.603. The van der Waals surface area contributed by atoms with E-state index in [4.69, 9.17) is 0 Å². The number of nitrogens with zero attached hydrogens (tertiary/aromatic N) is 5. The van der Waals surface area contributed by atoms with Gasteiger partial charge in [-0.05, 0) is 22.9 Å². The summed E-state index contributed by atoms with van der Waals surface area (Å²) in [5, 5.41) is 15.9. The predicted molar refractivity (Wildman–Crippen MR) is 79.8 cm³/mol. The molecular formula is C13H13N5S2. The number of hydrogen-bond donors (Lipinski definition) is 0. The van der Waals surface area contributed by atoms with Crippen molar-refractivity contribution >= 4 is 23.1 Å². The summed E-state index contributed by atoms with van der Waals surface area (Å²) < 4.78 is 1.82. The lowest BCUT2D eigenvalue weighted by Gasteiger charge is -2.03. The van der Waals surface area contributed by atoms with E-state index in [1.807, 2.05) is 29.8 Å². The minimum absolute atomic E-state index is 0.687. The minimum Gasteiger partial charge on any atom is -0.246 e. The summed E-state index contributed by atoms with van der Waals surface area (Å²) >= 11 is 3.28. The predicted octanol–water partition coefficient (Wildman–Crippen LogP) is 2.78. The molecule has 5 nitrogen and oxygen atoms in total. The highest BCUT2D eigenvalue weighted by Gasteiger charge is 2.08. The third-order valence-electron chi connectivity index (χ3n) is 2.69. The van der Waals surface area contributed by atoms with Crippen LogP contribution in [0.4, 0.5) is 0 Å². The number of thioether (sulfide) groups is 1. The number of aromatic nitrogens is 5. The van der Waals surface area contributed by atoms with Crippen molar-refractivity contribution in [1.29, 1.82) is 0 Å². The van der Waals surface area contributed by atoms with Gasteiger partial charge < -0.3 is 0 Å². The van der Waals surface area contributed by atoms with Gasteiger partial charge >= 0.3 is 0 Å². The molecule has 0 aliphatic heterocycles. The Kier molecular flexibility index (Phi) is 4.08. The second-order valence-corrected chi connectivity index (χ2v) is 6.26. The number of aryl methyl sites for hydroxylation is 1. The molecule has 0 bridgehead atoms. The standard InChI is InChI=1S/C13H13N5S2/c1-10-14-12(8-19-10)9-20-13-15-16-17-18(13)7-11-5-3-2-4-6-11/h2-6,8H,7,9H2,1H3. The molecule has 0 aliphatic rings. The Morgan fingerprint density at radius 2 is 2.10 bits per heavy atom. The summed E-state index contributed by atoms with van der Waals surface area (Å²) in [6.07, 6.45) is 0. The first-order valence-corrected chi connectivity index (χ1v) is 8.01. The number of rotatable bonds is 5. The zero-order valence-corrected chi connectivity index (χ0v) is 12.6. The first-order chi connectivity index (χ1) is 9.81. The molecule has 0 spiro atoms. The highest BCUT2D eigenvalue weighted by molar-refractivity contribution is 7.98. The van der Waals surface area contributed by atoms with Crippen molar-refractivity contribution in [3.8, 4) is 0 Å². The van der Waals surface area contributed by atoms with Gasteiger partial charge in [0.25, 0.3) is 0 Å². The van der Waals surface area contributed by atoms with E-state index in [0.29, 0.717) is 6.54 Å². The van der Waals surface area contributed by atoms with Crippen molar-refractivity contribution in [2.45, 2.75) is 24.4 Å². The summed E-state index contributed by atoms with van der Waals surface area (Å²) in [7, 11) is 0. The van der Waals surface area contributed by atoms with E-state index in [0.717, 1.165) is 21.6 Å². The number of hydrogen-bond acceptors (Lipinski definition) is 6. The van der Waals surface area contributed by atoms with Crippen LogP contribution in [0.3, 0.4) is 0 Å². The van der Waals surface area contributed by atoms with Crippen LogP contribution in [0.15, 0.2) is 40.9 Å². The van der Waals surface area contributed by atoms with Gasteiger partial charge in [0, 0.05) is 11.1 Å². The van der Waals surface area contributed by atoms with Crippen LogP contribution in [-0.2, 0) is 12.3 Å². The molecular weight excluding hydrogens is 290 g/mol. The highest BCUT2D eigenvalue weighted by atomic mass is 32.2. The monoisotopic (exact) mass is 303 g/mol. The maximum absolute atomic E-state index is 4.44. The minimum atomic E-state index is 0.687. The molecule has 0 unspecified atom stereocenters. The Hall–Kier alpha value is -1.73. The Bertz CT molecular complexity index is 677. The van der Waals surface area contributed by atoms with Crippen molar-refractivity contribution in [3.63, 3.8) is 0 Å². The van der Waals surface area contributed by atoms with Gasteiger partial charge in [0.2, 0.25) is 5.16 Å². The lowest BCUT2D eigenvalue weighted by Crippen LogP contribution is -2.03. The fraction of sp³-hybridized carbons (Fsp3) is 0.231.